The van der Waals surface area contributed by atoms with Crippen molar-refractivity contribution in [2.75, 3.05) is 6.54 Å². The highest BCUT2D eigenvalue weighted by Gasteiger charge is 2.28. The normalized spacial score (nSPS) is 19.1. The maximum absolute atomic E-state index is 10.3. The summed E-state index contributed by atoms with van der Waals surface area (Å²) in [5.41, 5.74) is 2.03. The molecule has 20 heavy (non-hydrogen) atoms. The van der Waals surface area contributed by atoms with Crippen molar-refractivity contribution in [2.45, 2.75) is 58.7 Å². The van der Waals surface area contributed by atoms with Gasteiger partial charge in [-0.2, -0.15) is 0 Å². The Labute approximate surface area is 121 Å². The molecule has 4 heteroatoms. The molecule has 1 unspecified atom stereocenters. The first-order valence-corrected chi connectivity index (χ1v) is 7.14. The van der Waals surface area contributed by atoms with Crippen LogP contribution < -0.4 is 10.1 Å². The van der Waals surface area contributed by atoms with Gasteiger partial charge < -0.3 is 19.9 Å². The molecule has 3 N–H and O–H groups in total. The lowest BCUT2D eigenvalue weighted by Gasteiger charge is -2.33. The SMILES string of the molecule is CC(C)(C)[NH2+]CC(O)c1ccc2c(c1)COC(C)(C)O2. The van der Waals surface area contributed by atoms with Gasteiger partial charge in [-0.05, 0) is 38.5 Å². The predicted molar refractivity (Wildman–Crippen MR) is 77.4 cm³/mol. The molecular formula is C16H26NO3+. The Kier molecular flexibility index (Phi) is 4.09. The van der Waals surface area contributed by atoms with Gasteiger partial charge in [-0.15, -0.1) is 0 Å². The van der Waals surface area contributed by atoms with Gasteiger partial charge in [-0.1, -0.05) is 6.07 Å². The molecule has 1 aromatic rings. The minimum absolute atomic E-state index is 0.117. The topological polar surface area (TPSA) is 55.3 Å². The highest BCUT2D eigenvalue weighted by molar-refractivity contribution is 5.39. The maximum atomic E-state index is 10.3. The van der Waals surface area contributed by atoms with Gasteiger partial charge >= 0.3 is 0 Å². The minimum atomic E-state index is -0.576. The van der Waals surface area contributed by atoms with E-state index in [4.69, 9.17) is 9.47 Å². The zero-order chi connectivity index (χ0) is 15.0. The standard InChI is InChI=1S/C16H25NO3/c1-15(2,3)17-9-13(18)11-6-7-14-12(8-11)10-19-16(4,5)20-14/h6-8,13,17-18H,9-10H2,1-5H3/p+1. The third kappa shape index (κ3) is 3.95. The van der Waals surface area contributed by atoms with Crippen LogP contribution in [-0.2, 0) is 11.3 Å². The number of hydrogen-bond acceptors (Lipinski definition) is 3. The van der Waals surface area contributed by atoms with E-state index in [0.717, 1.165) is 16.9 Å². The molecule has 1 heterocycles. The number of rotatable bonds is 3. The van der Waals surface area contributed by atoms with E-state index in [9.17, 15) is 5.11 Å². The van der Waals surface area contributed by atoms with Crippen LogP contribution >= 0.6 is 0 Å². The van der Waals surface area contributed by atoms with Gasteiger partial charge in [0, 0.05) is 19.4 Å². The summed E-state index contributed by atoms with van der Waals surface area (Å²) in [6, 6.07) is 5.84. The molecule has 1 atom stereocenters. The summed E-state index contributed by atoms with van der Waals surface area (Å²) in [5.74, 6) is 0.268. The lowest BCUT2D eigenvalue weighted by molar-refractivity contribution is -0.722. The molecule has 1 aliphatic heterocycles. The summed E-state index contributed by atoms with van der Waals surface area (Å²) in [5, 5.41) is 12.4. The fraction of sp³-hybridized carbons (Fsp3) is 0.625. The van der Waals surface area contributed by atoms with Gasteiger partial charge in [0.25, 0.3) is 0 Å². The lowest BCUT2D eigenvalue weighted by atomic mass is 10.0. The fourth-order valence-corrected chi connectivity index (χ4v) is 2.17. The van der Waals surface area contributed by atoms with Crippen molar-refractivity contribution in [2.24, 2.45) is 0 Å². The molecule has 0 saturated heterocycles. The summed E-state index contributed by atoms with van der Waals surface area (Å²) in [4.78, 5) is 0. The molecule has 0 bridgehead atoms. The molecule has 1 aliphatic rings. The zero-order valence-electron chi connectivity index (χ0n) is 13.1. The highest BCUT2D eigenvalue weighted by atomic mass is 16.7. The van der Waals surface area contributed by atoms with Crippen molar-refractivity contribution in [1.29, 1.82) is 0 Å². The Bertz CT molecular complexity index is 477. The number of ether oxygens (including phenoxy) is 2. The van der Waals surface area contributed by atoms with Crippen LogP contribution in [0, 0.1) is 0 Å². The molecule has 112 valence electrons. The van der Waals surface area contributed by atoms with Gasteiger partial charge in [0.15, 0.2) is 0 Å². The van der Waals surface area contributed by atoms with E-state index in [1.54, 1.807) is 0 Å². The van der Waals surface area contributed by atoms with Crippen molar-refractivity contribution in [3.63, 3.8) is 0 Å². The Morgan fingerprint density at radius 2 is 2.05 bits per heavy atom. The van der Waals surface area contributed by atoms with Crippen molar-refractivity contribution in [1.82, 2.24) is 0 Å². The van der Waals surface area contributed by atoms with Gasteiger partial charge in [-0.25, -0.2) is 0 Å². The van der Waals surface area contributed by atoms with Crippen molar-refractivity contribution in [3.05, 3.63) is 29.3 Å². The smallest absolute Gasteiger partial charge is 0.205 e. The van der Waals surface area contributed by atoms with Crippen molar-refractivity contribution in [3.8, 4) is 5.75 Å². The van der Waals surface area contributed by atoms with Crippen molar-refractivity contribution < 1.29 is 19.9 Å². The van der Waals surface area contributed by atoms with Crippen LogP contribution in [0.25, 0.3) is 0 Å². The molecular weight excluding hydrogens is 254 g/mol. The molecule has 0 radical (unpaired) electrons. The summed E-state index contributed by atoms with van der Waals surface area (Å²) < 4.78 is 11.4. The van der Waals surface area contributed by atoms with Gasteiger partial charge in [0.2, 0.25) is 5.79 Å². The van der Waals surface area contributed by atoms with Crippen LogP contribution in [0.2, 0.25) is 0 Å². The fourth-order valence-electron chi connectivity index (χ4n) is 2.17. The van der Waals surface area contributed by atoms with Crippen LogP contribution in [0.3, 0.4) is 0 Å². The lowest BCUT2D eigenvalue weighted by Crippen LogP contribution is -2.95. The van der Waals surface area contributed by atoms with Crippen LogP contribution in [0.5, 0.6) is 5.75 Å². The van der Waals surface area contributed by atoms with Crippen LogP contribution in [-0.4, -0.2) is 23.0 Å². The molecule has 2 rings (SSSR count). The molecule has 0 aromatic heterocycles. The molecule has 0 fully saturated rings. The first kappa shape index (κ1) is 15.3. The zero-order valence-corrected chi connectivity index (χ0v) is 13.1. The first-order chi connectivity index (χ1) is 9.16. The molecule has 4 nitrogen and oxygen atoms in total. The number of aliphatic hydroxyl groups is 1. The van der Waals surface area contributed by atoms with Gasteiger partial charge in [0.1, 0.15) is 18.4 Å². The molecule has 1 aromatic carbocycles. The van der Waals surface area contributed by atoms with Gasteiger partial charge in [-0.3, -0.25) is 0 Å². The third-order valence-electron chi connectivity index (χ3n) is 3.35. The maximum Gasteiger partial charge on any atom is 0.205 e. The Balaban J connectivity index is 2.08. The van der Waals surface area contributed by atoms with Crippen LogP contribution in [0.15, 0.2) is 18.2 Å². The second-order valence-electron chi connectivity index (χ2n) is 6.98. The minimum Gasteiger partial charge on any atom is -0.463 e. The van der Waals surface area contributed by atoms with Crippen molar-refractivity contribution >= 4 is 0 Å². The molecule has 0 amide bonds. The number of fused-ring (bicyclic) bond motifs is 1. The average molecular weight is 280 g/mol. The monoisotopic (exact) mass is 280 g/mol. The Morgan fingerprint density at radius 1 is 1.35 bits per heavy atom. The van der Waals surface area contributed by atoms with E-state index in [1.165, 1.54) is 0 Å². The average Bonchev–Trinajstić information content (AvgIpc) is 2.33. The van der Waals surface area contributed by atoms with Crippen LogP contribution in [0.1, 0.15) is 51.8 Å². The first-order valence-electron chi connectivity index (χ1n) is 7.14. The second kappa shape index (κ2) is 5.35. The van der Waals surface area contributed by atoms with Gasteiger partial charge in [0.05, 0.1) is 12.1 Å². The number of aliphatic hydroxyl groups excluding tert-OH is 1. The Morgan fingerprint density at radius 3 is 2.70 bits per heavy atom. The van der Waals surface area contributed by atoms with E-state index >= 15 is 0 Å². The van der Waals surface area contributed by atoms with E-state index in [-0.39, 0.29) is 5.54 Å². The van der Waals surface area contributed by atoms with E-state index in [0.29, 0.717) is 13.2 Å². The summed E-state index contributed by atoms with van der Waals surface area (Å²) in [6.45, 7) is 11.4. The molecule has 0 spiro atoms. The summed E-state index contributed by atoms with van der Waals surface area (Å²) in [6.07, 6.45) is -0.477. The largest absolute Gasteiger partial charge is 0.463 e. The molecule has 0 aliphatic carbocycles. The highest BCUT2D eigenvalue weighted by Crippen LogP contribution is 2.32. The van der Waals surface area contributed by atoms with E-state index < -0.39 is 11.9 Å². The number of benzene rings is 1. The number of hydrogen-bond donors (Lipinski definition) is 2. The quantitative estimate of drug-likeness (QED) is 0.886. The number of nitrogens with two attached hydrogens (primary N) is 1. The summed E-state index contributed by atoms with van der Waals surface area (Å²) >= 11 is 0. The molecule has 0 saturated carbocycles. The predicted octanol–water partition coefficient (Wildman–Crippen LogP) is 1.73. The van der Waals surface area contributed by atoms with Crippen LogP contribution in [0.4, 0.5) is 0 Å². The van der Waals surface area contributed by atoms with E-state index in [1.807, 2.05) is 32.0 Å². The Hall–Kier alpha value is -1.10. The summed E-state index contributed by atoms with van der Waals surface area (Å²) in [7, 11) is 0. The second-order valence-corrected chi connectivity index (χ2v) is 6.98. The number of quaternary nitrogens is 1. The third-order valence-corrected chi connectivity index (χ3v) is 3.35. The van der Waals surface area contributed by atoms with E-state index in [2.05, 4.69) is 26.1 Å².